The number of ether oxygens (including phenoxy) is 1. The van der Waals surface area contributed by atoms with Crippen LogP contribution in [0.5, 0.6) is 0 Å². The number of aromatic nitrogens is 2. The second kappa shape index (κ2) is 9.51. The summed E-state index contributed by atoms with van der Waals surface area (Å²) in [7, 11) is 0. The number of esters is 1. The third-order valence-corrected chi connectivity index (χ3v) is 3.35. The highest BCUT2D eigenvalue weighted by molar-refractivity contribution is 5.72. The Labute approximate surface area is 144 Å². The molecule has 0 radical (unpaired) electrons. The largest absolute Gasteiger partial charge is 0.457 e. The van der Waals surface area contributed by atoms with Gasteiger partial charge in [-0.15, -0.1) is 0 Å². The minimum absolute atomic E-state index is 0.0560. The fourth-order valence-corrected chi connectivity index (χ4v) is 2.08. The molecule has 25 heavy (non-hydrogen) atoms. The number of benzene rings is 1. The van der Waals surface area contributed by atoms with E-state index >= 15 is 0 Å². The molecule has 7 nitrogen and oxygen atoms in total. The van der Waals surface area contributed by atoms with Gasteiger partial charge in [0, 0.05) is 25.5 Å². The molecule has 1 heterocycles. The summed E-state index contributed by atoms with van der Waals surface area (Å²) in [5.41, 5.74) is 0.589. The number of carbonyl (C=O) groups excluding carboxylic acids is 2. The van der Waals surface area contributed by atoms with Gasteiger partial charge in [-0.25, -0.2) is 4.39 Å². The fraction of sp³-hybridized carbons (Fsp3) is 0.412. The first-order valence-corrected chi connectivity index (χ1v) is 8.03. The first-order valence-electron chi connectivity index (χ1n) is 8.03. The van der Waals surface area contributed by atoms with Crippen LogP contribution in [0.15, 0.2) is 28.8 Å². The average Bonchev–Trinajstić information content (AvgIpc) is 3.05. The molecule has 0 atom stereocenters. The van der Waals surface area contributed by atoms with Gasteiger partial charge in [0.15, 0.2) is 6.61 Å². The third kappa shape index (κ3) is 6.70. The van der Waals surface area contributed by atoms with E-state index in [4.69, 9.17) is 9.26 Å². The number of nitrogens with zero attached hydrogens (tertiary/aromatic N) is 2. The SMILES string of the molecule is CC(=O)NCCCCCC(=O)OCc1noc(-c2ccc(F)cc2)n1. The van der Waals surface area contributed by atoms with Crippen LogP contribution >= 0.6 is 0 Å². The maximum atomic E-state index is 12.9. The van der Waals surface area contributed by atoms with Crippen molar-refractivity contribution in [1.29, 1.82) is 0 Å². The van der Waals surface area contributed by atoms with Gasteiger partial charge >= 0.3 is 5.97 Å². The van der Waals surface area contributed by atoms with Crippen LogP contribution in [-0.4, -0.2) is 28.6 Å². The number of hydrogen-bond acceptors (Lipinski definition) is 6. The van der Waals surface area contributed by atoms with Gasteiger partial charge < -0.3 is 14.6 Å². The maximum absolute atomic E-state index is 12.9. The molecule has 1 N–H and O–H groups in total. The molecule has 1 aromatic carbocycles. The molecule has 0 saturated carbocycles. The minimum Gasteiger partial charge on any atom is -0.457 e. The molecule has 2 aromatic rings. The van der Waals surface area contributed by atoms with Crippen LogP contribution in [0, 0.1) is 5.82 Å². The van der Waals surface area contributed by atoms with Gasteiger partial charge in [0.2, 0.25) is 11.7 Å². The van der Waals surface area contributed by atoms with Crippen LogP contribution in [0.3, 0.4) is 0 Å². The highest BCUT2D eigenvalue weighted by atomic mass is 19.1. The summed E-state index contributed by atoms with van der Waals surface area (Å²) in [4.78, 5) is 26.4. The summed E-state index contributed by atoms with van der Waals surface area (Å²) in [6, 6.07) is 5.65. The molecule has 0 fully saturated rings. The minimum atomic E-state index is -0.352. The summed E-state index contributed by atoms with van der Waals surface area (Å²) < 4.78 is 23.0. The summed E-state index contributed by atoms with van der Waals surface area (Å²) in [5.74, 6) is -0.260. The van der Waals surface area contributed by atoms with Crippen LogP contribution in [0.1, 0.15) is 38.4 Å². The normalized spacial score (nSPS) is 10.5. The highest BCUT2D eigenvalue weighted by Crippen LogP contribution is 2.17. The standard InChI is InChI=1S/C17H20FN3O4/c1-12(22)19-10-4-2-3-5-16(23)24-11-15-20-17(25-21-15)13-6-8-14(18)9-7-13/h6-9H,2-5,10-11H2,1H3,(H,19,22). The Morgan fingerprint density at radius 1 is 1.20 bits per heavy atom. The van der Waals surface area contributed by atoms with Crippen molar-refractivity contribution >= 4 is 11.9 Å². The summed E-state index contributed by atoms with van der Waals surface area (Å²) >= 11 is 0. The van der Waals surface area contributed by atoms with Gasteiger partial charge in [-0.3, -0.25) is 9.59 Å². The number of hydrogen-bond donors (Lipinski definition) is 1. The zero-order valence-electron chi connectivity index (χ0n) is 14.0. The number of amides is 1. The second-order valence-corrected chi connectivity index (χ2v) is 5.48. The predicted molar refractivity (Wildman–Crippen MR) is 86.6 cm³/mol. The summed E-state index contributed by atoms with van der Waals surface area (Å²) in [6.45, 7) is 2.01. The second-order valence-electron chi connectivity index (χ2n) is 5.48. The molecule has 0 saturated heterocycles. The van der Waals surface area contributed by atoms with Crippen molar-refractivity contribution < 1.29 is 23.2 Å². The Morgan fingerprint density at radius 2 is 1.96 bits per heavy atom. The van der Waals surface area contributed by atoms with Gasteiger partial charge in [0.1, 0.15) is 5.82 Å². The van der Waals surface area contributed by atoms with Gasteiger partial charge in [-0.05, 0) is 37.1 Å². The lowest BCUT2D eigenvalue weighted by Crippen LogP contribution is -2.20. The van der Waals surface area contributed by atoms with Gasteiger partial charge in [0.25, 0.3) is 5.89 Å². The molecule has 134 valence electrons. The lowest BCUT2D eigenvalue weighted by atomic mass is 10.2. The zero-order chi connectivity index (χ0) is 18.1. The fourth-order valence-electron chi connectivity index (χ4n) is 2.08. The first-order chi connectivity index (χ1) is 12.0. The van der Waals surface area contributed by atoms with E-state index in [1.807, 2.05) is 0 Å². The van der Waals surface area contributed by atoms with Crippen LogP contribution in [-0.2, 0) is 20.9 Å². The van der Waals surface area contributed by atoms with E-state index in [1.54, 1.807) is 0 Å². The van der Waals surface area contributed by atoms with E-state index < -0.39 is 0 Å². The molecule has 0 unspecified atom stereocenters. The summed E-state index contributed by atoms with van der Waals surface area (Å²) in [6.07, 6.45) is 2.62. The van der Waals surface area contributed by atoms with Crippen molar-refractivity contribution in [2.45, 2.75) is 39.2 Å². The first kappa shape index (κ1) is 18.6. The molecule has 1 amide bonds. The number of rotatable bonds is 9. The predicted octanol–water partition coefficient (Wildman–Crippen LogP) is 2.62. The van der Waals surface area contributed by atoms with Crippen LogP contribution in [0.25, 0.3) is 11.5 Å². The van der Waals surface area contributed by atoms with E-state index in [9.17, 15) is 14.0 Å². The highest BCUT2D eigenvalue weighted by Gasteiger charge is 2.11. The van der Waals surface area contributed by atoms with Gasteiger partial charge in [0.05, 0.1) is 0 Å². The van der Waals surface area contributed by atoms with E-state index in [0.717, 1.165) is 12.8 Å². The van der Waals surface area contributed by atoms with E-state index in [2.05, 4.69) is 15.5 Å². The third-order valence-electron chi connectivity index (χ3n) is 3.35. The van der Waals surface area contributed by atoms with Gasteiger partial charge in [-0.1, -0.05) is 11.6 Å². The molecule has 0 bridgehead atoms. The molecule has 0 aliphatic heterocycles. The van der Waals surface area contributed by atoms with Crippen molar-refractivity contribution in [1.82, 2.24) is 15.5 Å². The molecule has 8 heteroatoms. The van der Waals surface area contributed by atoms with E-state index in [1.165, 1.54) is 31.2 Å². The molecular weight excluding hydrogens is 329 g/mol. The molecule has 0 aliphatic carbocycles. The maximum Gasteiger partial charge on any atom is 0.306 e. The van der Waals surface area contributed by atoms with Crippen molar-refractivity contribution in [3.05, 3.63) is 35.9 Å². The average molecular weight is 349 g/mol. The quantitative estimate of drug-likeness (QED) is 0.552. The number of unbranched alkanes of at least 4 members (excludes halogenated alkanes) is 2. The van der Waals surface area contributed by atoms with E-state index in [-0.39, 0.29) is 36.0 Å². The Kier molecular flexibility index (Phi) is 7.06. The van der Waals surface area contributed by atoms with Crippen molar-refractivity contribution in [3.63, 3.8) is 0 Å². The van der Waals surface area contributed by atoms with Crippen LogP contribution < -0.4 is 5.32 Å². The molecular formula is C17H20FN3O4. The molecule has 0 spiro atoms. The number of nitrogens with one attached hydrogen (secondary N) is 1. The topological polar surface area (TPSA) is 94.3 Å². The Bertz CT molecular complexity index is 700. The Balaban J connectivity index is 1.66. The zero-order valence-corrected chi connectivity index (χ0v) is 14.0. The van der Waals surface area contributed by atoms with Crippen molar-refractivity contribution in [3.8, 4) is 11.5 Å². The Hall–Kier alpha value is -2.77. The summed E-state index contributed by atoms with van der Waals surface area (Å²) in [5, 5.41) is 6.42. The smallest absolute Gasteiger partial charge is 0.306 e. The van der Waals surface area contributed by atoms with Crippen molar-refractivity contribution in [2.75, 3.05) is 6.54 Å². The van der Waals surface area contributed by atoms with Gasteiger partial charge in [-0.2, -0.15) is 4.98 Å². The van der Waals surface area contributed by atoms with Crippen LogP contribution in [0.4, 0.5) is 4.39 Å². The lowest BCUT2D eigenvalue weighted by Gasteiger charge is -2.03. The van der Waals surface area contributed by atoms with E-state index in [0.29, 0.717) is 24.9 Å². The number of carbonyl (C=O) groups is 2. The van der Waals surface area contributed by atoms with Crippen molar-refractivity contribution in [2.24, 2.45) is 0 Å². The molecule has 1 aromatic heterocycles. The monoisotopic (exact) mass is 349 g/mol. The molecule has 0 aliphatic rings. The number of halogens is 1. The van der Waals surface area contributed by atoms with Crippen LogP contribution in [0.2, 0.25) is 0 Å². The Morgan fingerprint density at radius 3 is 2.68 bits per heavy atom. The lowest BCUT2D eigenvalue weighted by molar-refractivity contribution is -0.145. The molecule has 2 rings (SSSR count).